The van der Waals surface area contributed by atoms with Gasteiger partial charge in [-0.1, -0.05) is 33.8 Å². The number of halogens is 1. The normalized spacial score (nSPS) is 12.6. The van der Waals surface area contributed by atoms with Gasteiger partial charge in [0.05, 0.1) is 18.1 Å². The van der Waals surface area contributed by atoms with Gasteiger partial charge in [0, 0.05) is 5.75 Å². The molecule has 0 radical (unpaired) electrons. The van der Waals surface area contributed by atoms with E-state index in [0.717, 1.165) is 16.2 Å². The Morgan fingerprint density at radius 2 is 2.39 bits per heavy atom. The number of nitrogens with one attached hydrogen (secondary N) is 1. The highest BCUT2D eigenvalue weighted by molar-refractivity contribution is 9.10. The van der Waals surface area contributed by atoms with Crippen LogP contribution < -0.4 is 0 Å². The maximum Gasteiger partial charge on any atom is 0.320 e. The minimum atomic E-state index is -0.317. The number of H-pyrrole nitrogens is 1. The molecule has 0 bridgehead atoms. The monoisotopic (exact) mass is 328 g/mol. The average Bonchev–Trinajstić information content (AvgIpc) is 2.76. The van der Waals surface area contributed by atoms with Crippen molar-refractivity contribution in [2.24, 2.45) is 0 Å². The molecule has 1 N–H and O–H groups in total. The van der Waals surface area contributed by atoms with E-state index in [2.05, 4.69) is 36.7 Å². The summed E-state index contributed by atoms with van der Waals surface area (Å²) in [6, 6.07) is 6.06. The quantitative estimate of drug-likeness (QED) is 0.532. The number of hydrogen-bond acceptors (Lipinski definition) is 4. The van der Waals surface area contributed by atoms with E-state index in [-0.39, 0.29) is 10.8 Å². The summed E-state index contributed by atoms with van der Waals surface area (Å²) in [6.45, 7) is 2.04. The van der Waals surface area contributed by atoms with Crippen molar-refractivity contribution in [1.29, 1.82) is 0 Å². The van der Waals surface area contributed by atoms with E-state index < -0.39 is 0 Å². The van der Waals surface area contributed by atoms with Gasteiger partial charge in [-0.25, -0.2) is 4.98 Å². The maximum atomic E-state index is 11.2. The molecule has 1 unspecified atom stereocenters. The highest BCUT2D eigenvalue weighted by Crippen LogP contribution is 2.22. The first-order chi connectivity index (χ1) is 8.60. The molecule has 6 heteroatoms. The van der Waals surface area contributed by atoms with E-state index in [1.165, 1.54) is 24.4 Å². The topological polar surface area (TPSA) is 55.0 Å². The molecule has 0 aliphatic carbocycles. The lowest BCUT2D eigenvalue weighted by Gasteiger charge is -2.04. The molecule has 0 saturated heterocycles. The lowest BCUT2D eigenvalue weighted by atomic mass is 10.2. The van der Waals surface area contributed by atoms with Crippen LogP contribution in [-0.4, -0.2) is 33.6 Å². The molecule has 1 heterocycles. The smallest absolute Gasteiger partial charge is 0.320 e. The van der Waals surface area contributed by atoms with Gasteiger partial charge in [0.25, 0.3) is 0 Å². The molecule has 96 valence electrons. The van der Waals surface area contributed by atoms with Gasteiger partial charge < -0.3 is 9.72 Å². The summed E-state index contributed by atoms with van der Waals surface area (Å²) in [7, 11) is 1.38. The van der Waals surface area contributed by atoms with E-state index in [4.69, 9.17) is 0 Å². The van der Waals surface area contributed by atoms with E-state index >= 15 is 0 Å². The molecule has 0 aliphatic rings. The number of rotatable bonds is 4. The van der Waals surface area contributed by atoms with Gasteiger partial charge in [-0.2, -0.15) is 0 Å². The molecule has 4 nitrogen and oxygen atoms in total. The largest absolute Gasteiger partial charge is 0.468 e. The van der Waals surface area contributed by atoms with Crippen LogP contribution in [0.4, 0.5) is 0 Å². The number of fused-ring (bicyclic) bond motifs is 1. The summed E-state index contributed by atoms with van der Waals surface area (Å²) in [5, 5.41) is 0.809. The van der Waals surface area contributed by atoms with Crippen LogP contribution in [0.3, 0.4) is 0 Å². The second-order valence-electron chi connectivity index (χ2n) is 3.86. The van der Waals surface area contributed by atoms with Gasteiger partial charge in [-0.05, 0) is 24.6 Å². The van der Waals surface area contributed by atoms with Crippen molar-refractivity contribution in [2.75, 3.05) is 12.9 Å². The Labute approximate surface area is 118 Å². The minimum Gasteiger partial charge on any atom is -0.468 e. The van der Waals surface area contributed by atoms with Crippen molar-refractivity contribution < 1.29 is 9.53 Å². The van der Waals surface area contributed by atoms with E-state index in [9.17, 15) is 4.79 Å². The third-order valence-corrected chi connectivity index (χ3v) is 4.53. The summed E-state index contributed by atoms with van der Waals surface area (Å²) in [4.78, 5) is 18.6. The van der Waals surface area contributed by atoms with Gasteiger partial charge in [-0.3, -0.25) is 4.79 Å². The molecule has 2 aromatic rings. The lowest BCUT2D eigenvalue weighted by molar-refractivity contribution is -0.139. The van der Waals surface area contributed by atoms with Crippen LogP contribution in [0.25, 0.3) is 11.0 Å². The predicted octanol–water partition coefficient (Wildman–Crippen LogP) is 2.90. The second kappa shape index (κ2) is 5.75. The number of carbonyl (C=O) groups excluding carboxylic acids is 1. The number of methoxy groups -OCH3 is 1. The Bertz CT molecular complexity index is 570. The van der Waals surface area contributed by atoms with Crippen molar-refractivity contribution in [3.63, 3.8) is 0 Å². The third-order valence-electron chi connectivity index (χ3n) is 2.44. The maximum absolute atomic E-state index is 11.2. The zero-order chi connectivity index (χ0) is 13.1. The molecular weight excluding hydrogens is 316 g/mol. The number of carbonyl (C=O) groups is 1. The molecule has 0 spiro atoms. The first-order valence-electron chi connectivity index (χ1n) is 5.41. The number of hydrogen-bond donors (Lipinski definition) is 1. The van der Waals surface area contributed by atoms with Crippen molar-refractivity contribution in [1.82, 2.24) is 9.97 Å². The molecule has 0 amide bonds. The highest BCUT2D eigenvalue weighted by atomic mass is 79.9. The van der Waals surface area contributed by atoms with E-state index in [0.29, 0.717) is 5.75 Å². The molecule has 1 aromatic carbocycles. The molecule has 0 fully saturated rings. The van der Waals surface area contributed by atoms with Crippen LogP contribution in [0.2, 0.25) is 0 Å². The van der Waals surface area contributed by atoms with Crippen LogP contribution in [-0.2, 0) is 9.53 Å². The number of aromatic nitrogens is 2. The highest BCUT2D eigenvalue weighted by Gasteiger charge is 2.16. The molecule has 0 aliphatic heterocycles. The van der Waals surface area contributed by atoms with Crippen molar-refractivity contribution >= 4 is 44.7 Å². The summed E-state index contributed by atoms with van der Waals surface area (Å²) in [5.74, 6) is 0.306. The van der Waals surface area contributed by atoms with Crippen LogP contribution in [0.5, 0.6) is 0 Å². The van der Waals surface area contributed by atoms with Crippen molar-refractivity contribution in [3.8, 4) is 0 Å². The number of esters is 1. The third kappa shape index (κ3) is 3.05. The number of nitrogens with zero attached hydrogens (tertiary/aromatic N) is 1. The van der Waals surface area contributed by atoms with Crippen molar-refractivity contribution in [2.45, 2.75) is 16.9 Å². The van der Waals surface area contributed by atoms with E-state index in [1.807, 2.05) is 19.1 Å². The Kier molecular flexibility index (Phi) is 4.29. The van der Waals surface area contributed by atoms with Gasteiger partial charge in [0.1, 0.15) is 4.83 Å². The fraction of sp³-hybridized carbons (Fsp3) is 0.333. The van der Waals surface area contributed by atoms with Crippen molar-refractivity contribution in [3.05, 3.63) is 23.8 Å². The number of alkyl halides is 1. The predicted molar refractivity (Wildman–Crippen MR) is 76.3 cm³/mol. The molecule has 1 aromatic heterocycles. The van der Waals surface area contributed by atoms with Crippen LogP contribution >= 0.6 is 27.7 Å². The van der Waals surface area contributed by atoms with Gasteiger partial charge in [0.15, 0.2) is 5.16 Å². The number of thioether (sulfide) groups is 1. The summed E-state index contributed by atoms with van der Waals surface area (Å²) in [5.41, 5.74) is 3.14. The summed E-state index contributed by atoms with van der Waals surface area (Å²) < 4.78 is 4.65. The molecule has 0 saturated carbocycles. The van der Waals surface area contributed by atoms with E-state index in [1.54, 1.807) is 0 Å². The Balaban J connectivity index is 2.06. The number of aromatic amines is 1. The van der Waals surface area contributed by atoms with Gasteiger partial charge in [-0.15, -0.1) is 0 Å². The molecule has 18 heavy (non-hydrogen) atoms. The standard InChI is InChI=1S/C12H13BrN2O2S/c1-7-3-4-9-10(5-7)15-12(14-9)18-6-8(13)11(16)17-2/h3-5,8H,6H2,1-2H3,(H,14,15). The van der Waals surface area contributed by atoms with Crippen LogP contribution in [0.1, 0.15) is 5.56 Å². The zero-order valence-corrected chi connectivity index (χ0v) is 12.5. The van der Waals surface area contributed by atoms with Crippen LogP contribution in [0.15, 0.2) is 23.4 Å². The second-order valence-corrected chi connectivity index (χ2v) is 5.98. The first kappa shape index (κ1) is 13.4. The Morgan fingerprint density at radius 1 is 1.61 bits per heavy atom. The number of aryl methyl sites for hydroxylation is 1. The summed E-state index contributed by atoms with van der Waals surface area (Å²) in [6.07, 6.45) is 0. The number of ether oxygens (including phenoxy) is 1. The van der Waals surface area contributed by atoms with Gasteiger partial charge in [0.2, 0.25) is 0 Å². The van der Waals surface area contributed by atoms with Crippen LogP contribution in [0, 0.1) is 6.92 Å². The average molecular weight is 329 g/mol. The fourth-order valence-electron chi connectivity index (χ4n) is 1.52. The van der Waals surface area contributed by atoms with Gasteiger partial charge >= 0.3 is 5.97 Å². The molecule has 1 atom stereocenters. The summed E-state index contributed by atoms with van der Waals surface area (Å²) >= 11 is 4.77. The molecular formula is C12H13BrN2O2S. The number of imidazole rings is 1. The minimum absolute atomic E-state index is 0.269. The fourth-order valence-corrected chi connectivity index (χ4v) is 2.89. The first-order valence-corrected chi connectivity index (χ1v) is 7.31. The SMILES string of the molecule is COC(=O)C(Br)CSc1nc2ccc(C)cc2[nH]1. The zero-order valence-electron chi connectivity index (χ0n) is 10.1. The lowest BCUT2D eigenvalue weighted by Crippen LogP contribution is -2.17. The Morgan fingerprint density at radius 3 is 3.11 bits per heavy atom. The molecule has 2 rings (SSSR count). The Hall–Kier alpha value is -1.01. The number of benzene rings is 1.